The highest BCUT2D eigenvalue weighted by atomic mass is 32.2. The highest BCUT2D eigenvalue weighted by molar-refractivity contribution is 7.86. The van der Waals surface area contributed by atoms with Crippen molar-refractivity contribution in [1.82, 2.24) is 0 Å². The smallest absolute Gasteiger partial charge is 0.294 e. The average Bonchev–Trinajstić information content (AvgIpc) is 2.86. The number of hydrogen-bond acceptors (Lipinski definition) is 6. The van der Waals surface area contributed by atoms with Crippen LogP contribution in [-0.2, 0) is 20.2 Å². The van der Waals surface area contributed by atoms with Crippen molar-refractivity contribution in [3.8, 4) is 0 Å². The molecule has 0 saturated heterocycles. The van der Waals surface area contributed by atoms with Gasteiger partial charge in [0.15, 0.2) is 0 Å². The molecular formula is C27H34N2O6S2. The molecule has 37 heavy (non-hydrogen) atoms. The van der Waals surface area contributed by atoms with Gasteiger partial charge in [-0.2, -0.15) is 16.8 Å². The van der Waals surface area contributed by atoms with E-state index >= 15 is 0 Å². The molecule has 200 valence electrons. The maximum Gasteiger partial charge on any atom is 0.294 e. The number of rotatable bonds is 11. The Morgan fingerprint density at radius 1 is 0.622 bits per heavy atom. The quantitative estimate of drug-likeness (QED) is 0.254. The molecule has 0 saturated carbocycles. The maximum absolute atomic E-state index is 12.4. The third kappa shape index (κ3) is 6.51. The van der Waals surface area contributed by atoms with Crippen molar-refractivity contribution >= 4 is 31.6 Å². The molecule has 0 atom stereocenters. The number of nitrogens with zero attached hydrogens (tertiary/aromatic N) is 2. The third-order valence-corrected chi connectivity index (χ3v) is 8.34. The van der Waals surface area contributed by atoms with Crippen molar-refractivity contribution in [2.24, 2.45) is 0 Å². The fraction of sp³-hybridized carbons (Fsp3) is 0.333. The van der Waals surface area contributed by atoms with Gasteiger partial charge in [-0.25, -0.2) is 0 Å². The minimum absolute atomic E-state index is 0.195. The van der Waals surface area contributed by atoms with Gasteiger partial charge in [-0.05, 0) is 80.8 Å². The van der Waals surface area contributed by atoms with Crippen LogP contribution in [0.2, 0.25) is 0 Å². The Kier molecular flexibility index (Phi) is 9.01. The topological polar surface area (TPSA) is 115 Å². The molecule has 2 N–H and O–H groups in total. The Morgan fingerprint density at radius 3 is 1.35 bits per heavy atom. The predicted octanol–water partition coefficient (Wildman–Crippen LogP) is 5.05. The number of hydrogen-bond donors (Lipinski definition) is 2. The van der Waals surface area contributed by atoms with Gasteiger partial charge in [0, 0.05) is 43.5 Å². The van der Waals surface area contributed by atoms with E-state index < -0.39 is 35.9 Å². The fourth-order valence-corrected chi connectivity index (χ4v) is 5.96. The molecule has 0 heterocycles. The van der Waals surface area contributed by atoms with E-state index in [1.807, 2.05) is 48.5 Å². The molecule has 0 bridgehead atoms. The van der Waals surface area contributed by atoms with Crippen LogP contribution < -0.4 is 9.80 Å². The summed E-state index contributed by atoms with van der Waals surface area (Å²) >= 11 is 0. The largest absolute Gasteiger partial charge is 0.372 e. The normalized spacial score (nSPS) is 12.1. The van der Waals surface area contributed by atoms with Crippen LogP contribution in [0.15, 0.2) is 76.5 Å². The number of benzene rings is 3. The van der Waals surface area contributed by atoms with Gasteiger partial charge in [0.05, 0.1) is 9.79 Å². The summed E-state index contributed by atoms with van der Waals surface area (Å²) in [6.45, 7) is 11.6. The van der Waals surface area contributed by atoms with Crippen LogP contribution in [0.25, 0.3) is 0 Å². The van der Waals surface area contributed by atoms with Crippen molar-refractivity contribution in [1.29, 1.82) is 0 Å². The highest BCUT2D eigenvalue weighted by Gasteiger charge is 2.27. The third-order valence-electron chi connectivity index (χ3n) is 6.58. The van der Waals surface area contributed by atoms with Crippen LogP contribution in [0.1, 0.15) is 50.3 Å². The first-order valence-corrected chi connectivity index (χ1v) is 15.1. The Morgan fingerprint density at radius 2 is 1.03 bits per heavy atom. The SMILES string of the molecule is CCN(CC)c1ccc(C(c2ccc(N(CC)CC)cc2)c2ccc(S(=O)(=O)O)cc2S(=O)(=O)O)cc1. The van der Waals surface area contributed by atoms with E-state index in [9.17, 15) is 25.9 Å². The lowest BCUT2D eigenvalue weighted by molar-refractivity contribution is 0.480. The van der Waals surface area contributed by atoms with E-state index in [0.29, 0.717) is 0 Å². The van der Waals surface area contributed by atoms with Crippen LogP contribution in [0.5, 0.6) is 0 Å². The van der Waals surface area contributed by atoms with Crippen LogP contribution in [0.3, 0.4) is 0 Å². The van der Waals surface area contributed by atoms with Gasteiger partial charge >= 0.3 is 0 Å². The van der Waals surface area contributed by atoms with Crippen molar-refractivity contribution in [2.75, 3.05) is 36.0 Å². The zero-order valence-corrected chi connectivity index (χ0v) is 23.1. The summed E-state index contributed by atoms with van der Waals surface area (Å²) < 4.78 is 67.8. The first kappa shape index (κ1) is 28.6. The van der Waals surface area contributed by atoms with Crippen LogP contribution in [0.4, 0.5) is 11.4 Å². The molecule has 0 spiro atoms. The van der Waals surface area contributed by atoms with Gasteiger partial charge in [0.1, 0.15) is 0 Å². The second kappa shape index (κ2) is 11.6. The van der Waals surface area contributed by atoms with Gasteiger partial charge in [-0.15, -0.1) is 0 Å². The van der Waals surface area contributed by atoms with Crippen molar-refractivity contribution in [3.05, 3.63) is 83.4 Å². The zero-order valence-electron chi connectivity index (χ0n) is 21.5. The molecule has 0 fully saturated rings. The molecule has 3 rings (SSSR count). The van der Waals surface area contributed by atoms with Crippen LogP contribution >= 0.6 is 0 Å². The summed E-state index contributed by atoms with van der Waals surface area (Å²) in [4.78, 5) is 3.18. The standard InChI is InChI=1S/C27H34N2O6S2/c1-5-28(6-2)22-13-9-20(10-14-22)27(21-11-15-23(16-12-21)29(7-3)8-4)25-18-17-24(36(30,31)32)19-26(25)37(33,34)35/h9-19,27H,5-8H2,1-4H3,(H,30,31,32)(H,33,34,35). The van der Waals surface area contributed by atoms with E-state index in [1.54, 1.807) is 0 Å². The summed E-state index contributed by atoms with van der Waals surface area (Å²) in [7, 11) is -9.51. The first-order chi connectivity index (χ1) is 17.4. The van der Waals surface area contributed by atoms with E-state index in [2.05, 4.69) is 37.5 Å². The molecule has 0 aliphatic rings. The van der Waals surface area contributed by atoms with E-state index in [1.165, 1.54) is 6.07 Å². The minimum atomic E-state index is -4.83. The zero-order chi connectivity index (χ0) is 27.4. The highest BCUT2D eigenvalue weighted by Crippen LogP contribution is 2.38. The lowest BCUT2D eigenvalue weighted by Gasteiger charge is -2.25. The van der Waals surface area contributed by atoms with Crippen molar-refractivity contribution in [3.63, 3.8) is 0 Å². The average molecular weight is 547 g/mol. The molecule has 0 amide bonds. The molecule has 0 aliphatic carbocycles. The Labute approximate surface area is 220 Å². The summed E-state index contributed by atoms with van der Waals surface area (Å²) in [6, 6.07) is 18.7. The lowest BCUT2D eigenvalue weighted by atomic mass is 9.85. The molecular weight excluding hydrogens is 512 g/mol. The Bertz CT molecular complexity index is 1360. The summed E-state index contributed by atoms with van der Waals surface area (Å²) in [6.07, 6.45) is 0. The van der Waals surface area contributed by atoms with Crippen LogP contribution in [-0.4, -0.2) is 52.1 Å². The number of anilines is 2. The molecule has 10 heteroatoms. The monoisotopic (exact) mass is 546 g/mol. The lowest BCUT2D eigenvalue weighted by Crippen LogP contribution is -2.22. The first-order valence-electron chi connectivity index (χ1n) is 12.2. The van der Waals surface area contributed by atoms with Gasteiger partial charge < -0.3 is 9.80 Å². The summed E-state index contributed by atoms with van der Waals surface area (Å²) in [5.74, 6) is -0.635. The van der Waals surface area contributed by atoms with Gasteiger partial charge in [-0.3, -0.25) is 9.11 Å². The van der Waals surface area contributed by atoms with Gasteiger partial charge in [0.2, 0.25) is 0 Å². The van der Waals surface area contributed by atoms with Gasteiger partial charge in [0.25, 0.3) is 20.2 Å². The van der Waals surface area contributed by atoms with Crippen molar-refractivity contribution < 1.29 is 25.9 Å². The van der Waals surface area contributed by atoms with Crippen LogP contribution in [0, 0.1) is 0 Å². The van der Waals surface area contributed by atoms with E-state index in [0.717, 1.165) is 60.8 Å². The van der Waals surface area contributed by atoms with Gasteiger partial charge in [-0.1, -0.05) is 30.3 Å². The Hall–Kier alpha value is -2.92. The molecule has 3 aromatic carbocycles. The van der Waals surface area contributed by atoms with E-state index in [-0.39, 0.29) is 5.56 Å². The molecule has 0 unspecified atom stereocenters. The predicted molar refractivity (Wildman–Crippen MR) is 147 cm³/mol. The molecule has 0 aliphatic heterocycles. The maximum atomic E-state index is 12.4. The Balaban J connectivity index is 2.25. The summed E-state index contributed by atoms with van der Waals surface area (Å²) in [5.41, 5.74) is 3.75. The summed E-state index contributed by atoms with van der Waals surface area (Å²) in [5, 5.41) is 0. The van der Waals surface area contributed by atoms with E-state index in [4.69, 9.17) is 0 Å². The molecule has 8 nitrogen and oxygen atoms in total. The molecule has 0 aromatic heterocycles. The minimum Gasteiger partial charge on any atom is -0.372 e. The van der Waals surface area contributed by atoms with Crippen molar-refractivity contribution in [2.45, 2.75) is 43.4 Å². The molecule has 3 aromatic rings. The second-order valence-corrected chi connectivity index (χ2v) is 11.4. The second-order valence-electron chi connectivity index (χ2n) is 8.61. The fourth-order valence-electron chi connectivity index (χ4n) is 4.62. The molecule has 0 radical (unpaired) electrons.